The zero-order valence-corrected chi connectivity index (χ0v) is 11.8. The predicted octanol–water partition coefficient (Wildman–Crippen LogP) is 2.32. The Balaban J connectivity index is 2.16. The first-order valence-corrected chi connectivity index (χ1v) is 6.82. The van der Waals surface area contributed by atoms with E-state index in [4.69, 9.17) is 27.9 Å². The SMILES string of the molecule is O=C(O)C(Cc1cccc(Cl)c1Cl)N1CCOCC1. The summed E-state index contributed by atoms with van der Waals surface area (Å²) in [5, 5.41) is 10.3. The smallest absolute Gasteiger partial charge is 0.321 e. The second-order valence-electron chi connectivity index (χ2n) is 4.42. The van der Waals surface area contributed by atoms with E-state index in [0.29, 0.717) is 42.8 Å². The van der Waals surface area contributed by atoms with Crippen molar-refractivity contribution < 1.29 is 14.6 Å². The molecule has 0 aromatic heterocycles. The maximum atomic E-state index is 11.4. The van der Waals surface area contributed by atoms with Crippen molar-refractivity contribution >= 4 is 29.2 Å². The molecule has 1 aromatic rings. The summed E-state index contributed by atoms with van der Waals surface area (Å²) in [5.74, 6) is -0.849. The maximum absolute atomic E-state index is 11.4. The molecule has 1 saturated heterocycles. The van der Waals surface area contributed by atoms with Gasteiger partial charge in [-0.05, 0) is 11.6 Å². The fourth-order valence-electron chi connectivity index (χ4n) is 2.18. The van der Waals surface area contributed by atoms with Crippen molar-refractivity contribution in [3.05, 3.63) is 33.8 Å². The largest absolute Gasteiger partial charge is 0.480 e. The number of carboxylic acids is 1. The van der Waals surface area contributed by atoms with E-state index < -0.39 is 12.0 Å². The van der Waals surface area contributed by atoms with Gasteiger partial charge in [0.2, 0.25) is 0 Å². The van der Waals surface area contributed by atoms with Crippen molar-refractivity contribution in [3.8, 4) is 0 Å². The summed E-state index contributed by atoms with van der Waals surface area (Å²) in [7, 11) is 0. The predicted molar refractivity (Wildman–Crippen MR) is 74.0 cm³/mol. The van der Waals surface area contributed by atoms with E-state index in [1.165, 1.54) is 0 Å². The molecule has 1 N–H and O–H groups in total. The topological polar surface area (TPSA) is 49.8 Å². The fourth-order valence-corrected chi connectivity index (χ4v) is 2.57. The van der Waals surface area contributed by atoms with Gasteiger partial charge in [0, 0.05) is 19.5 Å². The average molecular weight is 304 g/mol. The van der Waals surface area contributed by atoms with Crippen LogP contribution in [0.3, 0.4) is 0 Å². The molecule has 0 aliphatic carbocycles. The third-order valence-corrected chi connectivity index (χ3v) is 4.07. The highest BCUT2D eigenvalue weighted by Gasteiger charge is 2.28. The molecule has 0 radical (unpaired) electrons. The second kappa shape index (κ2) is 6.57. The van der Waals surface area contributed by atoms with E-state index in [1.54, 1.807) is 12.1 Å². The molecule has 4 nitrogen and oxygen atoms in total. The lowest BCUT2D eigenvalue weighted by Crippen LogP contribution is -2.48. The van der Waals surface area contributed by atoms with Gasteiger partial charge in [-0.3, -0.25) is 9.69 Å². The first-order valence-electron chi connectivity index (χ1n) is 6.07. The lowest BCUT2D eigenvalue weighted by atomic mass is 10.0. The van der Waals surface area contributed by atoms with Gasteiger partial charge in [0.25, 0.3) is 0 Å². The summed E-state index contributed by atoms with van der Waals surface area (Å²) in [6, 6.07) is 4.68. The van der Waals surface area contributed by atoms with Gasteiger partial charge in [-0.15, -0.1) is 0 Å². The third-order valence-electron chi connectivity index (χ3n) is 3.22. The van der Waals surface area contributed by atoms with E-state index in [2.05, 4.69) is 0 Å². The molecule has 0 saturated carbocycles. The number of hydrogen-bond donors (Lipinski definition) is 1. The number of aliphatic carboxylic acids is 1. The van der Waals surface area contributed by atoms with E-state index in [9.17, 15) is 9.90 Å². The summed E-state index contributed by atoms with van der Waals surface area (Å²) in [4.78, 5) is 13.3. The standard InChI is InChI=1S/C13H15Cl2NO3/c14-10-3-1-2-9(12(10)15)8-11(13(17)18)16-4-6-19-7-5-16/h1-3,11H,4-8H2,(H,17,18). The first-order chi connectivity index (χ1) is 9.09. The van der Waals surface area contributed by atoms with Gasteiger partial charge >= 0.3 is 5.97 Å². The second-order valence-corrected chi connectivity index (χ2v) is 5.20. The highest BCUT2D eigenvalue weighted by molar-refractivity contribution is 6.42. The molecule has 1 aromatic carbocycles. The quantitative estimate of drug-likeness (QED) is 0.927. The Morgan fingerprint density at radius 1 is 1.37 bits per heavy atom. The number of halogens is 2. The van der Waals surface area contributed by atoms with Gasteiger partial charge in [-0.25, -0.2) is 0 Å². The van der Waals surface area contributed by atoms with Crippen LogP contribution in [0.1, 0.15) is 5.56 Å². The molecule has 2 rings (SSSR count). The van der Waals surface area contributed by atoms with Gasteiger partial charge < -0.3 is 9.84 Å². The Bertz CT molecular complexity index is 461. The lowest BCUT2D eigenvalue weighted by molar-refractivity contribution is -0.145. The molecular formula is C13H15Cl2NO3. The molecule has 1 aliphatic rings. The van der Waals surface area contributed by atoms with Gasteiger partial charge in [-0.1, -0.05) is 35.3 Å². The Hall–Kier alpha value is -0.810. The normalized spacial score (nSPS) is 18.2. The van der Waals surface area contributed by atoms with Crippen LogP contribution in [0.25, 0.3) is 0 Å². The number of nitrogens with zero attached hydrogens (tertiary/aromatic N) is 1. The van der Waals surface area contributed by atoms with E-state index in [0.717, 1.165) is 5.56 Å². The van der Waals surface area contributed by atoms with Crippen molar-refractivity contribution in [3.63, 3.8) is 0 Å². The number of carbonyl (C=O) groups is 1. The van der Waals surface area contributed by atoms with Crippen LogP contribution in [0, 0.1) is 0 Å². The molecule has 1 fully saturated rings. The zero-order valence-electron chi connectivity index (χ0n) is 10.3. The lowest BCUT2D eigenvalue weighted by Gasteiger charge is -2.32. The molecule has 104 valence electrons. The monoisotopic (exact) mass is 303 g/mol. The maximum Gasteiger partial charge on any atom is 0.321 e. The molecular weight excluding hydrogens is 289 g/mol. The van der Waals surface area contributed by atoms with Crippen LogP contribution < -0.4 is 0 Å². The molecule has 0 amide bonds. The fraction of sp³-hybridized carbons (Fsp3) is 0.462. The Morgan fingerprint density at radius 2 is 2.05 bits per heavy atom. The van der Waals surface area contributed by atoms with Gasteiger partial charge in [0.1, 0.15) is 6.04 Å². The summed E-state index contributed by atoms with van der Waals surface area (Å²) in [5.41, 5.74) is 0.757. The Labute approximate surface area is 121 Å². The Kier molecular flexibility index (Phi) is 5.05. The number of hydrogen-bond acceptors (Lipinski definition) is 3. The van der Waals surface area contributed by atoms with Crippen molar-refractivity contribution in [1.82, 2.24) is 4.90 Å². The van der Waals surface area contributed by atoms with Crippen LogP contribution >= 0.6 is 23.2 Å². The number of benzene rings is 1. The summed E-state index contributed by atoms with van der Waals surface area (Å²) in [6.07, 6.45) is 0.342. The molecule has 19 heavy (non-hydrogen) atoms. The summed E-state index contributed by atoms with van der Waals surface area (Å²) < 4.78 is 5.24. The van der Waals surface area contributed by atoms with Gasteiger partial charge in [-0.2, -0.15) is 0 Å². The van der Waals surface area contributed by atoms with Crippen molar-refractivity contribution in [2.24, 2.45) is 0 Å². The van der Waals surface area contributed by atoms with Crippen molar-refractivity contribution in [2.45, 2.75) is 12.5 Å². The molecule has 1 atom stereocenters. The highest BCUT2D eigenvalue weighted by atomic mass is 35.5. The molecule has 0 spiro atoms. The molecule has 1 aliphatic heterocycles. The van der Waals surface area contributed by atoms with E-state index in [-0.39, 0.29) is 0 Å². The van der Waals surface area contributed by atoms with Crippen molar-refractivity contribution in [1.29, 1.82) is 0 Å². The summed E-state index contributed by atoms with van der Waals surface area (Å²) >= 11 is 12.1. The number of carboxylic acid groups (broad SMARTS) is 1. The number of morpholine rings is 1. The summed E-state index contributed by atoms with van der Waals surface area (Å²) in [6.45, 7) is 2.37. The number of rotatable bonds is 4. The minimum absolute atomic E-state index is 0.342. The van der Waals surface area contributed by atoms with Crippen LogP contribution in [0.2, 0.25) is 10.0 Å². The zero-order chi connectivity index (χ0) is 13.8. The molecule has 6 heteroatoms. The van der Waals surface area contributed by atoms with Crippen LogP contribution in [0.5, 0.6) is 0 Å². The molecule has 1 heterocycles. The first kappa shape index (κ1) is 14.6. The Morgan fingerprint density at radius 3 is 2.68 bits per heavy atom. The highest BCUT2D eigenvalue weighted by Crippen LogP contribution is 2.27. The van der Waals surface area contributed by atoms with Gasteiger partial charge in [0.05, 0.1) is 23.3 Å². The van der Waals surface area contributed by atoms with Crippen LogP contribution in [-0.4, -0.2) is 48.3 Å². The van der Waals surface area contributed by atoms with E-state index >= 15 is 0 Å². The van der Waals surface area contributed by atoms with Gasteiger partial charge in [0.15, 0.2) is 0 Å². The number of ether oxygens (including phenoxy) is 1. The minimum atomic E-state index is -0.849. The van der Waals surface area contributed by atoms with E-state index in [1.807, 2.05) is 11.0 Å². The molecule has 1 unspecified atom stereocenters. The average Bonchev–Trinajstić information content (AvgIpc) is 2.41. The minimum Gasteiger partial charge on any atom is -0.480 e. The van der Waals surface area contributed by atoms with Crippen molar-refractivity contribution in [2.75, 3.05) is 26.3 Å². The third kappa shape index (κ3) is 3.60. The van der Waals surface area contributed by atoms with Crippen LogP contribution in [0.4, 0.5) is 0 Å². The van der Waals surface area contributed by atoms with Crippen LogP contribution in [0.15, 0.2) is 18.2 Å². The van der Waals surface area contributed by atoms with Crippen LogP contribution in [-0.2, 0) is 16.0 Å². The molecule has 0 bridgehead atoms.